The van der Waals surface area contributed by atoms with E-state index in [9.17, 15) is 19.2 Å². The minimum absolute atomic E-state index is 0.0456. The molecule has 2 aliphatic carbocycles. The van der Waals surface area contributed by atoms with Crippen LogP contribution in [0.15, 0.2) is 66.7 Å². The maximum absolute atomic E-state index is 13.4. The number of amides is 3. The van der Waals surface area contributed by atoms with Crippen molar-refractivity contribution in [1.82, 2.24) is 4.90 Å². The Kier molecular flexibility index (Phi) is 6.24. The molecular weight excluding hydrogens is 444 g/mol. The van der Waals surface area contributed by atoms with Crippen LogP contribution in [0.4, 0.5) is 5.69 Å². The lowest BCUT2D eigenvalue weighted by Gasteiger charge is -2.26. The minimum atomic E-state index is -1.11. The molecule has 5 rings (SSSR count). The van der Waals surface area contributed by atoms with Gasteiger partial charge in [0.05, 0.1) is 11.8 Å². The molecular formula is C28H28N2O5. The zero-order valence-corrected chi connectivity index (χ0v) is 19.6. The van der Waals surface area contributed by atoms with E-state index in [1.165, 1.54) is 0 Å². The van der Waals surface area contributed by atoms with E-state index in [1.807, 2.05) is 67.6 Å². The van der Waals surface area contributed by atoms with E-state index >= 15 is 0 Å². The van der Waals surface area contributed by atoms with Crippen LogP contribution < -0.4 is 5.32 Å². The van der Waals surface area contributed by atoms with Gasteiger partial charge in [-0.15, -0.1) is 0 Å². The number of aryl methyl sites for hydroxylation is 1. The number of benzene rings is 2. The molecule has 1 N–H and O–H groups in total. The van der Waals surface area contributed by atoms with Gasteiger partial charge >= 0.3 is 5.97 Å². The number of carbonyl (C=O) groups excluding carboxylic acids is 4. The van der Waals surface area contributed by atoms with Gasteiger partial charge in [0.15, 0.2) is 6.61 Å². The molecule has 0 radical (unpaired) electrons. The van der Waals surface area contributed by atoms with E-state index in [1.54, 1.807) is 6.07 Å². The molecule has 0 aromatic heterocycles. The van der Waals surface area contributed by atoms with Gasteiger partial charge in [0.25, 0.3) is 5.91 Å². The molecule has 2 bridgehead atoms. The van der Waals surface area contributed by atoms with Crippen LogP contribution in [0.5, 0.6) is 0 Å². The van der Waals surface area contributed by atoms with Crippen LogP contribution in [0.2, 0.25) is 0 Å². The van der Waals surface area contributed by atoms with Crippen molar-refractivity contribution in [3.63, 3.8) is 0 Å². The summed E-state index contributed by atoms with van der Waals surface area (Å²) < 4.78 is 5.37. The van der Waals surface area contributed by atoms with Crippen molar-refractivity contribution in [2.75, 3.05) is 11.9 Å². The molecule has 2 fully saturated rings. The molecule has 0 spiro atoms. The Labute approximate surface area is 204 Å². The van der Waals surface area contributed by atoms with E-state index in [-0.39, 0.29) is 30.1 Å². The van der Waals surface area contributed by atoms with Crippen LogP contribution >= 0.6 is 0 Å². The summed E-state index contributed by atoms with van der Waals surface area (Å²) in [5.41, 5.74) is 2.43. The molecule has 1 heterocycles. The van der Waals surface area contributed by atoms with E-state index in [0.717, 1.165) is 28.9 Å². The number of carbonyl (C=O) groups is 4. The average molecular weight is 473 g/mol. The number of allylic oxidation sites excluding steroid dienone is 2. The maximum atomic E-state index is 13.4. The van der Waals surface area contributed by atoms with Crippen LogP contribution in [0.3, 0.4) is 0 Å². The zero-order valence-electron chi connectivity index (χ0n) is 19.6. The fraction of sp³-hybridized carbons (Fsp3) is 0.357. The van der Waals surface area contributed by atoms with Gasteiger partial charge in [-0.3, -0.25) is 19.3 Å². The topological polar surface area (TPSA) is 92.8 Å². The van der Waals surface area contributed by atoms with Gasteiger partial charge in [-0.05, 0) is 41.9 Å². The van der Waals surface area contributed by atoms with Crippen LogP contribution in [0, 0.1) is 23.7 Å². The molecule has 1 saturated carbocycles. The molecule has 0 unspecified atom stereocenters. The quantitative estimate of drug-likeness (QED) is 0.362. The van der Waals surface area contributed by atoms with E-state index < -0.39 is 36.4 Å². The van der Waals surface area contributed by atoms with Gasteiger partial charge in [0, 0.05) is 12.1 Å². The lowest BCUT2D eigenvalue weighted by Crippen LogP contribution is -2.48. The van der Waals surface area contributed by atoms with E-state index in [0.29, 0.717) is 5.69 Å². The molecule has 7 heteroatoms. The Hall–Kier alpha value is -3.74. The third-order valence-corrected chi connectivity index (χ3v) is 7.38. The first kappa shape index (κ1) is 23.0. The Morgan fingerprint density at radius 2 is 1.60 bits per heavy atom. The number of hydrogen-bond donors (Lipinski definition) is 1. The van der Waals surface area contributed by atoms with Crippen molar-refractivity contribution in [3.8, 4) is 0 Å². The Balaban J connectivity index is 1.32. The number of esters is 1. The third kappa shape index (κ3) is 4.27. The molecule has 1 aliphatic heterocycles. The number of fused-ring (bicyclic) bond motifs is 5. The molecule has 180 valence electrons. The number of para-hydroxylation sites is 1. The molecule has 7 nitrogen and oxygen atoms in total. The Bertz CT molecular complexity index is 1160. The second-order valence-electron chi connectivity index (χ2n) is 9.42. The normalized spacial score (nSPS) is 25.0. The number of nitrogens with zero attached hydrogens (tertiary/aromatic N) is 1. The zero-order chi connectivity index (χ0) is 24.5. The standard InChI is InChI=1S/C28H28N2O5/c1-2-18-10-6-7-11-21(18)29-23(31)16-35-28(34)22(14-17-8-4-3-5-9-17)30-26(32)24-19-12-13-20(15-19)25(24)27(30)33/h3-13,19-20,22,24-25H,2,14-16H2,1H3,(H,29,31)/t19-,20-,22-,24-,25+/m0/s1. The van der Waals surface area contributed by atoms with Gasteiger partial charge < -0.3 is 10.1 Å². The molecule has 1 saturated heterocycles. The van der Waals surface area contributed by atoms with Crippen LogP contribution in [-0.2, 0) is 36.8 Å². The lowest BCUT2D eigenvalue weighted by molar-refractivity contribution is -0.160. The van der Waals surface area contributed by atoms with Gasteiger partial charge in [0.1, 0.15) is 6.04 Å². The van der Waals surface area contributed by atoms with Crippen LogP contribution in [-0.4, -0.2) is 41.2 Å². The number of ether oxygens (including phenoxy) is 1. The summed E-state index contributed by atoms with van der Waals surface area (Å²) in [4.78, 5) is 53.6. The van der Waals surface area contributed by atoms with Crippen molar-refractivity contribution in [1.29, 1.82) is 0 Å². The van der Waals surface area contributed by atoms with Gasteiger partial charge in [-0.2, -0.15) is 0 Å². The highest BCUT2D eigenvalue weighted by Gasteiger charge is 2.61. The molecule has 3 aliphatic rings. The predicted molar refractivity (Wildman–Crippen MR) is 129 cm³/mol. The molecule has 2 aromatic rings. The first-order valence-corrected chi connectivity index (χ1v) is 12.1. The van der Waals surface area contributed by atoms with E-state index in [4.69, 9.17) is 4.74 Å². The number of likely N-dealkylation sites (tertiary alicyclic amines) is 1. The van der Waals surface area contributed by atoms with Crippen molar-refractivity contribution < 1.29 is 23.9 Å². The molecule has 35 heavy (non-hydrogen) atoms. The van der Waals surface area contributed by atoms with Gasteiger partial charge in [-0.1, -0.05) is 67.6 Å². The molecule has 3 amide bonds. The third-order valence-electron chi connectivity index (χ3n) is 7.38. The Morgan fingerprint density at radius 3 is 2.26 bits per heavy atom. The second kappa shape index (κ2) is 9.49. The fourth-order valence-corrected chi connectivity index (χ4v) is 5.72. The Morgan fingerprint density at radius 1 is 0.971 bits per heavy atom. The highest BCUT2D eigenvalue weighted by molar-refractivity contribution is 6.09. The molecule has 2 aromatic carbocycles. The monoisotopic (exact) mass is 472 g/mol. The SMILES string of the molecule is CCc1ccccc1NC(=O)COC(=O)[C@H](Cc1ccccc1)N1C(=O)[C@@H]2[C@H](C1=O)[C@H]1C=C[C@H]2C1. The van der Waals surface area contributed by atoms with E-state index in [2.05, 4.69) is 5.32 Å². The highest BCUT2D eigenvalue weighted by Crippen LogP contribution is 2.53. The van der Waals surface area contributed by atoms with Crippen LogP contribution in [0.1, 0.15) is 24.5 Å². The summed E-state index contributed by atoms with van der Waals surface area (Å²) in [5.74, 6) is -2.57. The minimum Gasteiger partial charge on any atom is -0.454 e. The van der Waals surface area contributed by atoms with Crippen molar-refractivity contribution in [2.45, 2.75) is 32.2 Å². The van der Waals surface area contributed by atoms with Crippen molar-refractivity contribution in [2.24, 2.45) is 23.7 Å². The number of imide groups is 1. The maximum Gasteiger partial charge on any atom is 0.330 e. The largest absolute Gasteiger partial charge is 0.454 e. The summed E-state index contributed by atoms with van der Waals surface area (Å²) in [7, 11) is 0. The average Bonchev–Trinajstić information content (AvgIpc) is 3.56. The number of hydrogen-bond acceptors (Lipinski definition) is 5. The summed E-state index contributed by atoms with van der Waals surface area (Å²) in [5, 5.41) is 2.77. The van der Waals surface area contributed by atoms with Crippen molar-refractivity contribution >= 4 is 29.4 Å². The number of rotatable bonds is 8. The smallest absolute Gasteiger partial charge is 0.330 e. The first-order valence-electron chi connectivity index (χ1n) is 12.1. The van der Waals surface area contributed by atoms with Crippen LogP contribution in [0.25, 0.3) is 0 Å². The fourth-order valence-electron chi connectivity index (χ4n) is 5.72. The second-order valence-corrected chi connectivity index (χ2v) is 9.42. The number of anilines is 1. The summed E-state index contributed by atoms with van der Waals surface area (Å²) in [6.07, 6.45) is 5.73. The van der Waals surface area contributed by atoms with Crippen molar-refractivity contribution in [3.05, 3.63) is 77.9 Å². The summed E-state index contributed by atoms with van der Waals surface area (Å²) >= 11 is 0. The number of nitrogens with one attached hydrogen (secondary N) is 1. The highest BCUT2D eigenvalue weighted by atomic mass is 16.5. The van der Waals surface area contributed by atoms with Gasteiger partial charge in [-0.25, -0.2) is 4.79 Å². The van der Waals surface area contributed by atoms with Gasteiger partial charge in [0.2, 0.25) is 11.8 Å². The lowest BCUT2D eigenvalue weighted by atomic mass is 9.85. The molecule has 5 atom stereocenters. The summed E-state index contributed by atoms with van der Waals surface area (Å²) in [6, 6.07) is 15.5. The predicted octanol–water partition coefficient (Wildman–Crippen LogP) is 3.15. The summed E-state index contributed by atoms with van der Waals surface area (Å²) in [6.45, 7) is 1.48. The first-order chi connectivity index (χ1) is 17.0.